The number of rotatable bonds is 4. The number of urea groups is 1. The Morgan fingerprint density at radius 1 is 1.47 bits per heavy atom. The molecular weight excluding hydrogens is 323 g/mol. The first-order chi connectivity index (χ1) is 8.81. The quantitative estimate of drug-likeness (QED) is 0.670. The molecule has 1 aromatic carbocycles. The summed E-state index contributed by atoms with van der Waals surface area (Å²) in [6.45, 7) is 1.23. The van der Waals surface area contributed by atoms with Crippen LogP contribution in [0.2, 0.25) is 0 Å². The Morgan fingerprint density at radius 2 is 2.11 bits per heavy atom. The van der Waals surface area contributed by atoms with Crippen LogP contribution in [0.25, 0.3) is 0 Å². The molecule has 1 atom stereocenters. The van der Waals surface area contributed by atoms with Crippen molar-refractivity contribution in [2.45, 2.75) is 13.0 Å². The standard InChI is InChI=1S/C11H12BrFN2O4/c1-5-2-6(12)7(13)3-8(5)15-11(19)14-4-9(16)10(17)18/h2-3,9,16H,4H2,1H3,(H,17,18)(H2,14,15,19). The number of aliphatic hydroxyl groups excluding tert-OH is 1. The molecule has 19 heavy (non-hydrogen) atoms. The Bertz CT molecular complexity index is 510. The fourth-order valence-corrected chi connectivity index (χ4v) is 1.68. The van der Waals surface area contributed by atoms with E-state index >= 15 is 0 Å². The van der Waals surface area contributed by atoms with Crippen molar-refractivity contribution in [3.63, 3.8) is 0 Å². The van der Waals surface area contributed by atoms with E-state index in [0.29, 0.717) is 5.56 Å². The first-order valence-corrected chi connectivity index (χ1v) is 6.02. The summed E-state index contributed by atoms with van der Waals surface area (Å²) in [6, 6.07) is 1.90. The van der Waals surface area contributed by atoms with E-state index in [1.54, 1.807) is 6.92 Å². The molecule has 0 aliphatic heterocycles. The fraction of sp³-hybridized carbons (Fsp3) is 0.273. The number of aliphatic hydroxyl groups is 1. The Labute approximate surface area is 116 Å². The van der Waals surface area contributed by atoms with Gasteiger partial charge in [-0.2, -0.15) is 0 Å². The average Bonchev–Trinajstić information content (AvgIpc) is 2.32. The van der Waals surface area contributed by atoms with E-state index in [2.05, 4.69) is 26.6 Å². The van der Waals surface area contributed by atoms with E-state index in [1.807, 2.05) is 0 Å². The summed E-state index contributed by atoms with van der Waals surface area (Å²) in [4.78, 5) is 21.8. The summed E-state index contributed by atoms with van der Waals surface area (Å²) >= 11 is 3.01. The van der Waals surface area contributed by atoms with Gasteiger partial charge in [-0.15, -0.1) is 0 Å². The molecule has 0 saturated heterocycles. The fourth-order valence-electron chi connectivity index (χ4n) is 1.22. The third-order valence-corrected chi connectivity index (χ3v) is 2.86. The highest BCUT2D eigenvalue weighted by Gasteiger charge is 2.14. The van der Waals surface area contributed by atoms with Crippen molar-refractivity contribution >= 4 is 33.6 Å². The van der Waals surface area contributed by atoms with Crippen LogP contribution in [-0.4, -0.2) is 34.9 Å². The van der Waals surface area contributed by atoms with Gasteiger partial charge < -0.3 is 20.8 Å². The number of hydrogen-bond acceptors (Lipinski definition) is 3. The number of aliphatic carboxylic acids is 1. The third-order valence-electron chi connectivity index (χ3n) is 2.26. The Morgan fingerprint density at radius 3 is 2.68 bits per heavy atom. The largest absolute Gasteiger partial charge is 0.479 e. The molecule has 0 bridgehead atoms. The van der Waals surface area contributed by atoms with Crippen molar-refractivity contribution in [3.05, 3.63) is 28.0 Å². The zero-order chi connectivity index (χ0) is 14.6. The monoisotopic (exact) mass is 334 g/mol. The number of carbonyl (C=O) groups is 2. The second-order valence-electron chi connectivity index (χ2n) is 3.77. The maximum atomic E-state index is 13.3. The highest BCUT2D eigenvalue weighted by Crippen LogP contribution is 2.23. The van der Waals surface area contributed by atoms with E-state index in [4.69, 9.17) is 10.2 Å². The minimum absolute atomic E-state index is 0.253. The van der Waals surface area contributed by atoms with Gasteiger partial charge in [0.15, 0.2) is 6.10 Å². The SMILES string of the molecule is Cc1cc(Br)c(F)cc1NC(=O)NCC(O)C(=O)O. The Balaban J connectivity index is 2.62. The lowest BCUT2D eigenvalue weighted by atomic mass is 10.2. The van der Waals surface area contributed by atoms with Crippen molar-refractivity contribution in [3.8, 4) is 0 Å². The molecule has 0 aromatic heterocycles. The summed E-state index contributed by atoms with van der Waals surface area (Å²) in [5.74, 6) is -1.97. The zero-order valence-corrected chi connectivity index (χ0v) is 11.5. The summed E-state index contributed by atoms with van der Waals surface area (Å²) in [5, 5.41) is 21.9. The van der Waals surface area contributed by atoms with Gasteiger partial charge in [0, 0.05) is 5.69 Å². The lowest BCUT2D eigenvalue weighted by Crippen LogP contribution is -2.38. The number of carboxylic acids is 1. The molecule has 1 unspecified atom stereocenters. The van der Waals surface area contributed by atoms with Gasteiger partial charge in [0.2, 0.25) is 0 Å². The van der Waals surface area contributed by atoms with E-state index in [1.165, 1.54) is 6.07 Å². The van der Waals surface area contributed by atoms with Crippen LogP contribution < -0.4 is 10.6 Å². The van der Waals surface area contributed by atoms with Crippen LogP contribution in [-0.2, 0) is 4.79 Å². The summed E-state index contributed by atoms with van der Waals surface area (Å²) < 4.78 is 13.6. The summed E-state index contributed by atoms with van der Waals surface area (Å²) in [5.41, 5.74) is 0.880. The van der Waals surface area contributed by atoms with Gasteiger partial charge in [-0.25, -0.2) is 14.0 Å². The molecular formula is C11H12BrFN2O4. The second-order valence-corrected chi connectivity index (χ2v) is 4.62. The van der Waals surface area contributed by atoms with Gasteiger partial charge in [-0.05, 0) is 40.5 Å². The molecule has 0 saturated carbocycles. The van der Waals surface area contributed by atoms with Gasteiger partial charge in [-0.1, -0.05) is 0 Å². The van der Waals surface area contributed by atoms with Crippen LogP contribution in [0.3, 0.4) is 0 Å². The molecule has 0 spiro atoms. The van der Waals surface area contributed by atoms with E-state index in [9.17, 15) is 14.0 Å². The number of hydrogen-bond donors (Lipinski definition) is 4. The number of amides is 2. The molecule has 2 amide bonds. The summed E-state index contributed by atoms with van der Waals surface area (Å²) in [7, 11) is 0. The minimum atomic E-state index is -1.69. The smallest absolute Gasteiger partial charge is 0.334 e. The predicted octanol–water partition coefficient (Wildman–Crippen LogP) is 1.46. The first kappa shape index (κ1) is 15.4. The van der Waals surface area contributed by atoms with E-state index in [0.717, 1.165) is 6.07 Å². The van der Waals surface area contributed by atoms with Crippen molar-refractivity contribution in [2.24, 2.45) is 0 Å². The zero-order valence-electron chi connectivity index (χ0n) is 9.91. The molecule has 6 nitrogen and oxygen atoms in total. The molecule has 8 heteroatoms. The number of carboxylic acid groups (broad SMARTS) is 1. The van der Waals surface area contributed by atoms with Crippen molar-refractivity contribution in [1.29, 1.82) is 0 Å². The lowest BCUT2D eigenvalue weighted by Gasteiger charge is -2.11. The van der Waals surface area contributed by atoms with Gasteiger partial charge in [0.1, 0.15) is 5.82 Å². The van der Waals surface area contributed by atoms with Gasteiger partial charge in [0.25, 0.3) is 0 Å². The summed E-state index contributed by atoms with van der Waals surface area (Å²) in [6.07, 6.45) is -1.69. The molecule has 0 aliphatic carbocycles. The predicted molar refractivity (Wildman–Crippen MR) is 69.5 cm³/mol. The molecule has 1 rings (SSSR count). The number of nitrogens with one attached hydrogen (secondary N) is 2. The van der Waals surface area contributed by atoms with Crippen LogP contribution >= 0.6 is 15.9 Å². The molecule has 0 heterocycles. The number of halogens is 2. The highest BCUT2D eigenvalue weighted by molar-refractivity contribution is 9.10. The molecule has 0 fully saturated rings. The topological polar surface area (TPSA) is 98.7 Å². The third kappa shape index (κ3) is 4.49. The number of carbonyl (C=O) groups excluding carboxylic acids is 1. The maximum Gasteiger partial charge on any atom is 0.334 e. The van der Waals surface area contributed by atoms with Crippen LogP contribution in [0.4, 0.5) is 14.9 Å². The highest BCUT2D eigenvalue weighted by atomic mass is 79.9. The lowest BCUT2D eigenvalue weighted by molar-refractivity contribution is -0.146. The molecule has 104 valence electrons. The maximum absolute atomic E-state index is 13.3. The van der Waals surface area contributed by atoms with Crippen LogP contribution in [0.15, 0.2) is 16.6 Å². The molecule has 4 N–H and O–H groups in total. The Kier molecular flexibility index (Phi) is 5.25. The molecule has 0 aliphatic rings. The van der Waals surface area contributed by atoms with Gasteiger partial charge in [-0.3, -0.25) is 0 Å². The van der Waals surface area contributed by atoms with Crippen molar-refractivity contribution in [1.82, 2.24) is 5.32 Å². The molecule has 0 radical (unpaired) electrons. The van der Waals surface area contributed by atoms with Crippen LogP contribution in [0.1, 0.15) is 5.56 Å². The second kappa shape index (κ2) is 6.48. The average molecular weight is 335 g/mol. The van der Waals surface area contributed by atoms with Crippen molar-refractivity contribution in [2.75, 3.05) is 11.9 Å². The van der Waals surface area contributed by atoms with Gasteiger partial charge >= 0.3 is 12.0 Å². The molecule has 1 aromatic rings. The van der Waals surface area contributed by atoms with Crippen molar-refractivity contribution < 1.29 is 24.2 Å². The normalized spacial score (nSPS) is 11.8. The number of anilines is 1. The van der Waals surface area contributed by atoms with Gasteiger partial charge in [0.05, 0.1) is 11.0 Å². The van der Waals surface area contributed by atoms with E-state index in [-0.39, 0.29) is 10.2 Å². The Hall–Kier alpha value is -1.67. The number of benzene rings is 1. The van der Waals surface area contributed by atoms with Crippen LogP contribution in [0, 0.1) is 12.7 Å². The number of aryl methyl sites for hydroxylation is 1. The van der Waals surface area contributed by atoms with E-state index < -0.39 is 30.5 Å². The van der Waals surface area contributed by atoms with Crippen LogP contribution in [0.5, 0.6) is 0 Å². The minimum Gasteiger partial charge on any atom is -0.479 e. The first-order valence-electron chi connectivity index (χ1n) is 5.22.